The fourth-order valence-electron chi connectivity index (χ4n) is 2.72. The van der Waals surface area contributed by atoms with Crippen molar-refractivity contribution in [1.82, 2.24) is 5.32 Å². The summed E-state index contributed by atoms with van der Waals surface area (Å²) in [7, 11) is 1.58. The Kier molecular flexibility index (Phi) is 5.21. The Morgan fingerprint density at radius 3 is 2.82 bits per heavy atom. The van der Waals surface area contributed by atoms with E-state index in [4.69, 9.17) is 4.74 Å². The maximum absolute atomic E-state index is 12.0. The Bertz CT molecular complexity index is 543. The highest BCUT2D eigenvalue weighted by molar-refractivity contribution is 6.05. The van der Waals surface area contributed by atoms with E-state index in [0.717, 1.165) is 16.8 Å². The first-order valence-corrected chi connectivity index (χ1v) is 7.72. The van der Waals surface area contributed by atoms with Crippen LogP contribution in [0, 0.1) is 0 Å². The summed E-state index contributed by atoms with van der Waals surface area (Å²) in [6.07, 6.45) is 0.208. The molecule has 2 rings (SSSR count). The second kappa shape index (κ2) is 6.77. The number of fused-ring (bicyclic) bond motifs is 1. The average molecular weight is 306 g/mol. The smallest absolute Gasteiger partial charge is 0.234 e. The lowest BCUT2D eigenvalue weighted by molar-refractivity contribution is -0.119. The van der Waals surface area contributed by atoms with Gasteiger partial charge in [-0.2, -0.15) is 0 Å². The van der Waals surface area contributed by atoms with Gasteiger partial charge in [-0.15, -0.1) is 0 Å². The molecular formula is C17H26N2O3. The molecule has 122 valence electrons. The van der Waals surface area contributed by atoms with Crippen LogP contribution in [0.4, 0.5) is 5.69 Å². The molecule has 0 radical (unpaired) electrons. The van der Waals surface area contributed by atoms with E-state index in [2.05, 4.69) is 23.6 Å². The number of hydrogen-bond acceptors (Lipinski definition) is 4. The zero-order valence-corrected chi connectivity index (χ0v) is 13.8. The van der Waals surface area contributed by atoms with Gasteiger partial charge in [-0.25, -0.2) is 0 Å². The summed E-state index contributed by atoms with van der Waals surface area (Å²) in [6, 6.07) is 6.25. The summed E-state index contributed by atoms with van der Waals surface area (Å²) in [5.41, 5.74) is 2.61. The molecule has 0 fully saturated rings. The van der Waals surface area contributed by atoms with E-state index in [1.807, 2.05) is 26.0 Å². The summed E-state index contributed by atoms with van der Waals surface area (Å²) in [4.78, 5) is 12.0. The van der Waals surface area contributed by atoms with Crippen molar-refractivity contribution in [3.63, 3.8) is 0 Å². The molecule has 1 aliphatic heterocycles. The molecule has 2 atom stereocenters. The molecule has 22 heavy (non-hydrogen) atoms. The number of rotatable bonds is 7. The molecule has 1 aliphatic rings. The largest absolute Gasteiger partial charge is 0.391 e. The molecule has 0 spiro atoms. The molecule has 5 heteroatoms. The van der Waals surface area contributed by atoms with Gasteiger partial charge in [-0.1, -0.05) is 12.1 Å². The Labute approximate surface area is 132 Å². The number of aliphatic hydroxyl groups excluding tert-OH is 1. The number of benzene rings is 1. The average Bonchev–Trinajstić information content (AvgIpc) is 2.69. The monoisotopic (exact) mass is 306 g/mol. The van der Waals surface area contributed by atoms with Gasteiger partial charge in [0.2, 0.25) is 5.91 Å². The predicted octanol–water partition coefficient (Wildman–Crippen LogP) is 1.96. The Morgan fingerprint density at radius 2 is 2.14 bits per heavy atom. The molecular weight excluding hydrogens is 280 g/mol. The lowest BCUT2D eigenvalue weighted by Gasteiger charge is -2.19. The van der Waals surface area contributed by atoms with Crippen LogP contribution in [0.5, 0.6) is 0 Å². The number of carbonyl (C=O) groups excluding carboxylic acids is 1. The van der Waals surface area contributed by atoms with Gasteiger partial charge in [-0.3, -0.25) is 4.79 Å². The molecule has 1 amide bonds. The summed E-state index contributed by atoms with van der Waals surface area (Å²) in [5, 5.41) is 16.0. The predicted molar refractivity (Wildman–Crippen MR) is 87.0 cm³/mol. The molecule has 0 aromatic heterocycles. The van der Waals surface area contributed by atoms with Crippen molar-refractivity contribution in [2.24, 2.45) is 0 Å². The minimum absolute atomic E-state index is 0.0444. The minimum Gasteiger partial charge on any atom is -0.391 e. The Balaban J connectivity index is 1.99. The van der Waals surface area contributed by atoms with Gasteiger partial charge >= 0.3 is 0 Å². The molecule has 2 unspecified atom stereocenters. The van der Waals surface area contributed by atoms with Crippen LogP contribution in [-0.2, 0) is 14.9 Å². The third-order valence-corrected chi connectivity index (χ3v) is 4.32. The minimum atomic E-state index is -0.486. The van der Waals surface area contributed by atoms with Crippen LogP contribution >= 0.6 is 0 Å². The number of hydrogen-bond donors (Lipinski definition) is 3. The van der Waals surface area contributed by atoms with E-state index < -0.39 is 11.5 Å². The number of anilines is 1. The first-order chi connectivity index (χ1) is 10.4. The second-order valence-electron chi connectivity index (χ2n) is 6.46. The van der Waals surface area contributed by atoms with E-state index in [9.17, 15) is 9.90 Å². The van der Waals surface area contributed by atoms with Gasteiger partial charge < -0.3 is 20.5 Å². The number of amides is 1. The molecule has 1 aromatic carbocycles. The van der Waals surface area contributed by atoms with Gasteiger partial charge in [0, 0.05) is 18.8 Å². The van der Waals surface area contributed by atoms with E-state index in [1.54, 1.807) is 7.11 Å². The highest BCUT2D eigenvalue weighted by Gasteiger charge is 2.38. The first-order valence-electron chi connectivity index (χ1n) is 7.72. The third-order valence-electron chi connectivity index (χ3n) is 4.32. The van der Waals surface area contributed by atoms with Crippen molar-refractivity contribution in [3.8, 4) is 0 Å². The number of aliphatic hydroxyl groups is 1. The Morgan fingerprint density at radius 1 is 1.41 bits per heavy atom. The topological polar surface area (TPSA) is 70.6 Å². The SMILES string of the molecule is COCC(O)CCNC(C)c1ccc2c(c1)C(C)(C)C(=O)N2. The van der Waals surface area contributed by atoms with Gasteiger partial charge in [0.1, 0.15) is 0 Å². The van der Waals surface area contributed by atoms with Crippen LogP contribution in [0.2, 0.25) is 0 Å². The number of carbonyl (C=O) groups is 1. The highest BCUT2D eigenvalue weighted by atomic mass is 16.5. The quantitative estimate of drug-likeness (QED) is 0.720. The van der Waals surface area contributed by atoms with Gasteiger partial charge in [0.15, 0.2) is 0 Å². The maximum atomic E-state index is 12.0. The number of nitrogens with one attached hydrogen (secondary N) is 2. The van der Waals surface area contributed by atoms with Crippen LogP contribution in [0.25, 0.3) is 0 Å². The van der Waals surface area contributed by atoms with Crippen molar-refractivity contribution in [1.29, 1.82) is 0 Å². The molecule has 3 N–H and O–H groups in total. The highest BCUT2D eigenvalue weighted by Crippen LogP contribution is 2.38. The van der Waals surface area contributed by atoms with Crippen LogP contribution in [0.15, 0.2) is 18.2 Å². The molecule has 0 saturated carbocycles. The Hall–Kier alpha value is -1.43. The van der Waals surface area contributed by atoms with Gasteiger partial charge in [0.25, 0.3) is 0 Å². The third kappa shape index (κ3) is 3.48. The normalized spacial score (nSPS) is 18.7. The van der Waals surface area contributed by atoms with Crippen LogP contribution < -0.4 is 10.6 Å². The van der Waals surface area contributed by atoms with Crippen molar-refractivity contribution >= 4 is 11.6 Å². The van der Waals surface area contributed by atoms with Crippen LogP contribution in [0.3, 0.4) is 0 Å². The van der Waals surface area contributed by atoms with E-state index in [-0.39, 0.29) is 11.9 Å². The number of methoxy groups -OCH3 is 1. The van der Waals surface area contributed by atoms with Gasteiger partial charge in [-0.05, 0) is 50.9 Å². The summed E-state index contributed by atoms with van der Waals surface area (Å²) < 4.78 is 4.91. The lowest BCUT2D eigenvalue weighted by Crippen LogP contribution is -2.27. The first kappa shape index (κ1) is 16.9. The van der Waals surface area contributed by atoms with Crippen molar-refractivity contribution < 1.29 is 14.6 Å². The summed E-state index contributed by atoms with van der Waals surface area (Å²) in [6.45, 7) is 7.04. The van der Waals surface area contributed by atoms with E-state index in [0.29, 0.717) is 19.6 Å². The second-order valence-corrected chi connectivity index (χ2v) is 6.46. The summed E-state index contributed by atoms with van der Waals surface area (Å²) in [5.74, 6) is 0.0444. The molecule has 5 nitrogen and oxygen atoms in total. The zero-order valence-electron chi connectivity index (χ0n) is 13.8. The van der Waals surface area contributed by atoms with Crippen molar-refractivity contribution in [3.05, 3.63) is 29.3 Å². The van der Waals surface area contributed by atoms with E-state index >= 15 is 0 Å². The van der Waals surface area contributed by atoms with E-state index in [1.165, 1.54) is 0 Å². The molecule has 1 heterocycles. The molecule has 0 saturated heterocycles. The fourth-order valence-corrected chi connectivity index (χ4v) is 2.72. The lowest BCUT2D eigenvalue weighted by atomic mass is 9.85. The number of ether oxygens (including phenoxy) is 1. The van der Waals surface area contributed by atoms with Crippen LogP contribution in [0.1, 0.15) is 44.4 Å². The van der Waals surface area contributed by atoms with Crippen LogP contribution in [-0.4, -0.2) is 37.4 Å². The molecule has 1 aromatic rings. The summed E-state index contributed by atoms with van der Waals surface area (Å²) >= 11 is 0. The zero-order chi connectivity index (χ0) is 16.3. The molecule has 0 aliphatic carbocycles. The molecule has 0 bridgehead atoms. The van der Waals surface area contributed by atoms with Crippen molar-refractivity contribution in [2.75, 3.05) is 25.6 Å². The fraction of sp³-hybridized carbons (Fsp3) is 0.588. The van der Waals surface area contributed by atoms with Gasteiger partial charge in [0.05, 0.1) is 18.1 Å². The maximum Gasteiger partial charge on any atom is 0.234 e. The standard InChI is InChI=1S/C17H26N2O3/c1-11(18-8-7-13(20)10-22-4)12-5-6-15-14(9-12)17(2,3)16(21)19-15/h5-6,9,11,13,18,20H,7-8,10H2,1-4H3,(H,19,21). The van der Waals surface area contributed by atoms with Crippen molar-refractivity contribution in [2.45, 2.75) is 44.8 Å².